The van der Waals surface area contributed by atoms with Gasteiger partial charge in [-0.2, -0.15) is 0 Å². The van der Waals surface area contributed by atoms with Crippen molar-refractivity contribution in [2.75, 3.05) is 44.6 Å². The molecule has 1 fully saturated rings. The van der Waals surface area contributed by atoms with Crippen LogP contribution in [-0.4, -0.2) is 72.1 Å². The Kier molecular flexibility index (Phi) is 4.99. The minimum absolute atomic E-state index is 0.0869. The summed E-state index contributed by atoms with van der Waals surface area (Å²) in [5.74, 6) is 0.211. The Morgan fingerprint density at radius 2 is 2.09 bits per heavy atom. The van der Waals surface area contributed by atoms with Crippen LogP contribution in [-0.2, 0) is 6.42 Å². The Hall–Kier alpha value is -1.43. The monoisotopic (exact) mass is 317 g/mol. The normalized spacial score (nSPS) is 23.3. The molecule has 5 nitrogen and oxygen atoms in total. The number of Topliss-reactive ketones (excluding diaryl/α,β-unsaturated/α-hetero) is 1. The van der Waals surface area contributed by atoms with Crippen molar-refractivity contribution in [3.05, 3.63) is 29.3 Å². The third-order valence-electron chi connectivity index (χ3n) is 5.07. The molecule has 0 aliphatic carbocycles. The number of carbonyl (C=O) groups is 1. The number of carbonyl (C=O) groups excluding carboxylic acids is 1. The first-order valence-electron chi connectivity index (χ1n) is 8.59. The number of anilines is 1. The molecule has 1 aromatic rings. The zero-order chi connectivity index (χ0) is 16.4. The Morgan fingerprint density at radius 3 is 2.78 bits per heavy atom. The lowest BCUT2D eigenvalue weighted by molar-refractivity contribution is 0.0663. The van der Waals surface area contributed by atoms with Crippen LogP contribution in [0.15, 0.2) is 18.2 Å². The zero-order valence-electron chi connectivity index (χ0n) is 14.1. The van der Waals surface area contributed by atoms with Gasteiger partial charge in [0, 0.05) is 50.0 Å². The maximum atomic E-state index is 12.8. The smallest absolute Gasteiger partial charge is 0.179 e. The number of aliphatic hydroxyl groups is 1. The highest BCUT2D eigenvalue weighted by Crippen LogP contribution is 2.27. The lowest BCUT2D eigenvalue weighted by Gasteiger charge is -2.37. The Bertz CT molecular complexity index is 567. The number of nitrogens with one attached hydrogen (secondary N) is 1. The standard InChI is InChI=1S/C18H27N3O2/c1-13-11-16-12-15(3-4-17(16)19-13)18(23)14(2)21-7-5-20(6-8-21)9-10-22/h3-4,12-14,19,22H,5-11H2,1-2H3. The molecule has 23 heavy (non-hydrogen) atoms. The predicted octanol–water partition coefficient (Wildman–Crippen LogP) is 1.22. The third kappa shape index (κ3) is 3.57. The van der Waals surface area contributed by atoms with Gasteiger partial charge in [0.2, 0.25) is 0 Å². The number of β-amino-alcohol motifs (C(OH)–C–C–N with tert-alkyl or cyclic N) is 1. The van der Waals surface area contributed by atoms with E-state index in [-0.39, 0.29) is 18.4 Å². The van der Waals surface area contributed by atoms with Crippen LogP contribution >= 0.6 is 0 Å². The second-order valence-electron chi connectivity index (χ2n) is 6.76. The van der Waals surface area contributed by atoms with Crippen LogP contribution in [0, 0.1) is 0 Å². The van der Waals surface area contributed by atoms with E-state index in [1.165, 1.54) is 11.3 Å². The quantitative estimate of drug-likeness (QED) is 0.800. The lowest BCUT2D eigenvalue weighted by Crippen LogP contribution is -2.52. The second kappa shape index (κ2) is 6.99. The maximum absolute atomic E-state index is 12.8. The average Bonchev–Trinajstić information content (AvgIpc) is 2.93. The molecule has 0 radical (unpaired) electrons. The van der Waals surface area contributed by atoms with E-state index in [1.807, 2.05) is 19.1 Å². The first kappa shape index (κ1) is 16.4. The number of ketones is 1. The summed E-state index contributed by atoms with van der Waals surface area (Å²) < 4.78 is 0. The minimum atomic E-state index is -0.0869. The number of fused-ring (bicyclic) bond motifs is 1. The van der Waals surface area contributed by atoms with E-state index in [1.54, 1.807) is 0 Å². The van der Waals surface area contributed by atoms with Gasteiger partial charge in [0.1, 0.15) is 0 Å². The molecule has 2 aliphatic rings. The molecule has 0 aromatic heterocycles. The molecular weight excluding hydrogens is 290 g/mol. The highest BCUT2D eigenvalue weighted by Gasteiger charge is 2.27. The van der Waals surface area contributed by atoms with Gasteiger partial charge in [0.25, 0.3) is 0 Å². The Labute approximate surface area is 138 Å². The van der Waals surface area contributed by atoms with E-state index >= 15 is 0 Å². The summed E-state index contributed by atoms with van der Waals surface area (Å²) >= 11 is 0. The fourth-order valence-electron chi connectivity index (χ4n) is 3.63. The Morgan fingerprint density at radius 1 is 1.35 bits per heavy atom. The molecule has 3 rings (SSSR count). The van der Waals surface area contributed by atoms with Gasteiger partial charge in [-0.3, -0.25) is 14.6 Å². The molecule has 126 valence electrons. The molecule has 0 bridgehead atoms. The summed E-state index contributed by atoms with van der Waals surface area (Å²) in [6, 6.07) is 6.42. The van der Waals surface area contributed by atoms with Gasteiger partial charge >= 0.3 is 0 Å². The van der Waals surface area contributed by atoms with Crippen molar-refractivity contribution >= 4 is 11.5 Å². The molecule has 0 amide bonds. The Balaban J connectivity index is 1.63. The van der Waals surface area contributed by atoms with E-state index < -0.39 is 0 Å². The van der Waals surface area contributed by atoms with Gasteiger partial charge < -0.3 is 10.4 Å². The highest BCUT2D eigenvalue weighted by atomic mass is 16.3. The summed E-state index contributed by atoms with van der Waals surface area (Å²) in [5.41, 5.74) is 3.24. The lowest BCUT2D eigenvalue weighted by atomic mass is 9.99. The zero-order valence-corrected chi connectivity index (χ0v) is 14.1. The van der Waals surface area contributed by atoms with Gasteiger partial charge in [0.15, 0.2) is 5.78 Å². The summed E-state index contributed by atoms with van der Waals surface area (Å²) in [7, 11) is 0. The van der Waals surface area contributed by atoms with Crippen molar-refractivity contribution in [2.24, 2.45) is 0 Å². The third-order valence-corrected chi connectivity index (χ3v) is 5.07. The molecule has 2 atom stereocenters. The highest BCUT2D eigenvalue weighted by molar-refractivity contribution is 6.00. The molecule has 0 saturated carbocycles. The summed E-state index contributed by atoms with van der Waals surface area (Å²) in [6.07, 6.45) is 0.991. The van der Waals surface area contributed by atoms with E-state index in [0.29, 0.717) is 6.04 Å². The van der Waals surface area contributed by atoms with Crippen LogP contribution in [0.4, 0.5) is 5.69 Å². The van der Waals surface area contributed by atoms with Gasteiger partial charge in [0.05, 0.1) is 12.6 Å². The topological polar surface area (TPSA) is 55.8 Å². The molecule has 2 aliphatic heterocycles. The van der Waals surface area contributed by atoms with Gasteiger partial charge in [-0.15, -0.1) is 0 Å². The van der Waals surface area contributed by atoms with E-state index in [2.05, 4.69) is 28.1 Å². The second-order valence-corrected chi connectivity index (χ2v) is 6.76. The van der Waals surface area contributed by atoms with Crippen LogP contribution in [0.25, 0.3) is 0 Å². The van der Waals surface area contributed by atoms with Crippen molar-refractivity contribution in [1.82, 2.24) is 9.80 Å². The number of aliphatic hydroxyl groups excluding tert-OH is 1. The number of hydrogen-bond acceptors (Lipinski definition) is 5. The fourth-order valence-corrected chi connectivity index (χ4v) is 3.63. The first-order chi connectivity index (χ1) is 11.1. The van der Waals surface area contributed by atoms with E-state index in [0.717, 1.165) is 44.7 Å². The SMILES string of the molecule is CC1Cc2cc(C(=O)C(C)N3CCN(CCO)CC3)ccc2N1. The average molecular weight is 317 g/mol. The molecule has 2 heterocycles. The van der Waals surface area contributed by atoms with E-state index in [4.69, 9.17) is 5.11 Å². The number of hydrogen-bond donors (Lipinski definition) is 2. The van der Waals surface area contributed by atoms with Crippen molar-refractivity contribution in [2.45, 2.75) is 32.4 Å². The molecule has 0 spiro atoms. The van der Waals surface area contributed by atoms with Crippen LogP contribution in [0.2, 0.25) is 0 Å². The van der Waals surface area contributed by atoms with Crippen LogP contribution in [0.5, 0.6) is 0 Å². The molecular formula is C18H27N3O2. The van der Waals surface area contributed by atoms with Crippen molar-refractivity contribution in [1.29, 1.82) is 0 Å². The molecule has 1 saturated heterocycles. The van der Waals surface area contributed by atoms with Crippen molar-refractivity contribution in [3.63, 3.8) is 0 Å². The number of nitrogens with zero attached hydrogens (tertiary/aromatic N) is 2. The summed E-state index contributed by atoms with van der Waals surface area (Å²) in [5, 5.41) is 12.4. The fraction of sp³-hybridized carbons (Fsp3) is 0.611. The van der Waals surface area contributed by atoms with Crippen molar-refractivity contribution in [3.8, 4) is 0 Å². The van der Waals surface area contributed by atoms with Gasteiger partial charge in [-0.1, -0.05) is 0 Å². The number of benzene rings is 1. The molecule has 2 unspecified atom stereocenters. The summed E-state index contributed by atoms with van der Waals surface area (Å²) in [6.45, 7) is 8.72. The maximum Gasteiger partial charge on any atom is 0.179 e. The minimum Gasteiger partial charge on any atom is -0.395 e. The van der Waals surface area contributed by atoms with Crippen molar-refractivity contribution < 1.29 is 9.90 Å². The molecule has 5 heteroatoms. The summed E-state index contributed by atoms with van der Waals surface area (Å²) in [4.78, 5) is 17.3. The van der Waals surface area contributed by atoms with Gasteiger partial charge in [-0.05, 0) is 44.0 Å². The van der Waals surface area contributed by atoms with E-state index in [9.17, 15) is 4.79 Å². The molecule has 1 aromatic carbocycles. The van der Waals surface area contributed by atoms with Crippen LogP contribution < -0.4 is 5.32 Å². The van der Waals surface area contributed by atoms with Crippen LogP contribution in [0.1, 0.15) is 29.8 Å². The number of rotatable bonds is 5. The van der Waals surface area contributed by atoms with Gasteiger partial charge in [-0.25, -0.2) is 0 Å². The first-order valence-corrected chi connectivity index (χ1v) is 8.59. The largest absolute Gasteiger partial charge is 0.395 e. The molecule has 2 N–H and O–H groups in total. The number of piperazine rings is 1. The predicted molar refractivity (Wildman–Crippen MR) is 92.1 cm³/mol. The van der Waals surface area contributed by atoms with Crippen LogP contribution in [0.3, 0.4) is 0 Å².